The lowest BCUT2D eigenvalue weighted by Gasteiger charge is -2.13. The average Bonchev–Trinajstić information content (AvgIpc) is 3.21. The summed E-state index contributed by atoms with van der Waals surface area (Å²) in [6.07, 6.45) is 2.70. The van der Waals surface area contributed by atoms with Gasteiger partial charge in [-0.05, 0) is 36.4 Å². The standard InChI is InChI=1S/C19H12F3N5O3S/c20-11-2-1-3-12(7-11)31(29,30)27-14-5-4-13(21)17(16(14)22)26-19(28)10-6-15-18(23-8-10)25-9-24-15/h1-9,27H,(H,26,28)(H,23,24,25)/p+1. The Morgan fingerprint density at radius 1 is 1.10 bits per heavy atom. The van der Waals surface area contributed by atoms with Crippen molar-refractivity contribution in [3.8, 4) is 0 Å². The van der Waals surface area contributed by atoms with Gasteiger partial charge in [-0.2, -0.15) is 0 Å². The molecule has 0 saturated carbocycles. The minimum Gasteiger partial charge on any atom is -0.317 e. The molecule has 0 aliphatic rings. The minimum atomic E-state index is -4.37. The van der Waals surface area contributed by atoms with Gasteiger partial charge in [-0.3, -0.25) is 14.5 Å². The predicted octanol–water partition coefficient (Wildman–Crippen LogP) is 2.85. The number of benzene rings is 2. The van der Waals surface area contributed by atoms with Crippen molar-refractivity contribution in [3.63, 3.8) is 0 Å². The summed E-state index contributed by atoms with van der Waals surface area (Å²) in [7, 11) is -4.37. The number of nitrogens with one attached hydrogen (secondary N) is 4. The number of rotatable bonds is 5. The Hall–Kier alpha value is -3.93. The lowest BCUT2D eigenvalue weighted by atomic mass is 10.2. The smallest absolute Gasteiger partial charge is 0.299 e. The van der Waals surface area contributed by atoms with Gasteiger partial charge in [0.1, 0.15) is 23.5 Å². The first kappa shape index (κ1) is 20.3. The zero-order valence-corrected chi connectivity index (χ0v) is 16.2. The largest absolute Gasteiger partial charge is 0.317 e. The summed E-state index contributed by atoms with van der Waals surface area (Å²) in [5.74, 6) is -4.15. The third kappa shape index (κ3) is 4.05. The van der Waals surface area contributed by atoms with Gasteiger partial charge in [-0.15, -0.1) is 4.98 Å². The van der Waals surface area contributed by atoms with Crippen LogP contribution in [0.2, 0.25) is 0 Å². The summed E-state index contributed by atoms with van der Waals surface area (Å²) in [4.78, 5) is 21.6. The second-order valence-electron chi connectivity index (χ2n) is 6.35. The van der Waals surface area contributed by atoms with E-state index in [4.69, 9.17) is 0 Å². The maximum Gasteiger partial charge on any atom is 0.299 e. The molecule has 0 spiro atoms. The van der Waals surface area contributed by atoms with Crippen LogP contribution in [0.4, 0.5) is 24.5 Å². The van der Waals surface area contributed by atoms with Crippen LogP contribution in [0.15, 0.2) is 59.9 Å². The number of H-pyrrole nitrogens is 2. The minimum absolute atomic E-state index is 0.00731. The maximum absolute atomic E-state index is 14.9. The number of amides is 1. The van der Waals surface area contributed by atoms with E-state index in [0.717, 1.165) is 30.3 Å². The van der Waals surface area contributed by atoms with E-state index < -0.39 is 49.7 Å². The first-order valence-electron chi connectivity index (χ1n) is 8.67. The van der Waals surface area contributed by atoms with Crippen LogP contribution in [0.5, 0.6) is 0 Å². The van der Waals surface area contributed by atoms with Crippen LogP contribution in [-0.2, 0) is 10.0 Å². The van der Waals surface area contributed by atoms with Gasteiger partial charge in [-0.1, -0.05) is 6.07 Å². The van der Waals surface area contributed by atoms with Crippen molar-refractivity contribution in [2.24, 2.45) is 0 Å². The van der Waals surface area contributed by atoms with E-state index in [2.05, 4.69) is 20.3 Å². The molecule has 0 aliphatic heterocycles. The van der Waals surface area contributed by atoms with Crippen LogP contribution in [-0.4, -0.2) is 24.3 Å². The molecule has 0 radical (unpaired) electrons. The van der Waals surface area contributed by atoms with Crippen molar-refractivity contribution in [3.05, 3.63) is 78.0 Å². The first-order valence-corrected chi connectivity index (χ1v) is 10.2. The number of imidazole rings is 1. The number of halogens is 3. The number of carbonyl (C=O) groups is 1. The van der Waals surface area contributed by atoms with Gasteiger partial charge in [0.2, 0.25) is 0 Å². The van der Waals surface area contributed by atoms with E-state index in [1.807, 2.05) is 4.72 Å². The van der Waals surface area contributed by atoms with Crippen LogP contribution in [0, 0.1) is 17.5 Å². The van der Waals surface area contributed by atoms with E-state index in [9.17, 15) is 26.4 Å². The summed E-state index contributed by atoms with van der Waals surface area (Å²) in [5, 5.41) is 2.08. The summed E-state index contributed by atoms with van der Waals surface area (Å²) in [5.41, 5.74) is -0.517. The third-order valence-corrected chi connectivity index (χ3v) is 5.63. The Morgan fingerprint density at radius 3 is 2.68 bits per heavy atom. The fraction of sp³-hybridized carbons (Fsp3) is 0. The van der Waals surface area contributed by atoms with Gasteiger partial charge < -0.3 is 5.32 Å². The Kier molecular flexibility index (Phi) is 5.07. The molecule has 2 aromatic carbocycles. The number of hydrogen-bond acceptors (Lipinski definition) is 4. The first-order chi connectivity index (χ1) is 14.7. The van der Waals surface area contributed by atoms with Crippen molar-refractivity contribution in [1.29, 1.82) is 0 Å². The van der Waals surface area contributed by atoms with E-state index in [-0.39, 0.29) is 5.56 Å². The van der Waals surface area contributed by atoms with Gasteiger partial charge in [0, 0.05) is 0 Å². The Morgan fingerprint density at radius 2 is 1.90 bits per heavy atom. The van der Waals surface area contributed by atoms with E-state index >= 15 is 0 Å². The highest BCUT2D eigenvalue weighted by atomic mass is 32.2. The quantitative estimate of drug-likeness (QED) is 0.435. The van der Waals surface area contributed by atoms with Gasteiger partial charge in [-0.25, -0.2) is 26.6 Å². The summed E-state index contributed by atoms with van der Waals surface area (Å²) in [6.45, 7) is 0. The number of anilines is 2. The second kappa shape index (κ2) is 7.72. The highest BCUT2D eigenvalue weighted by Crippen LogP contribution is 2.28. The number of aromatic nitrogens is 3. The monoisotopic (exact) mass is 448 g/mol. The fourth-order valence-corrected chi connectivity index (χ4v) is 3.86. The molecule has 0 fully saturated rings. The van der Waals surface area contributed by atoms with Gasteiger partial charge in [0.05, 0.1) is 16.1 Å². The molecule has 0 saturated heterocycles. The van der Waals surface area contributed by atoms with E-state index in [1.165, 1.54) is 24.7 Å². The lowest BCUT2D eigenvalue weighted by molar-refractivity contribution is -0.347. The number of nitrogens with zero attached hydrogens (tertiary/aromatic N) is 1. The topological polar surface area (TPSA) is 118 Å². The highest BCUT2D eigenvalue weighted by Gasteiger charge is 2.22. The predicted molar refractivity (Wildman–Crippen MR) is 104 cm³/mol. The molecule has 31 heavy (non-hydrogen) atoms. The molecule has 2 heterocycles. The number of carbonyl (C=O) groups excluding carboxylic acids is 1. The Balaban J connectivity index is 1.63. The molecular formula is C19H13F3N5O3S+. The van der Waals surface area contributed by atoms with Crippen LogP contribution in [0.1, 0.15) is 10.4 Å². The van der Waals surface area contributed by atoms with Gasteiger partial charge in [0.25, 0.3) is 21.6 Å². The molecule has 12 heteroatoms. The third-order valence-electron chi connectivity index (χ3n) is 4.27. The van der Waals surface area contributed by atoms with Crippen LogP contribution in [0.25, 0.3) is 11.2 Å². The number of aromatic amines is 2. The maximum atomic E-state index is 14.9. The molecule has 2 aromatic heterocycles. The molecule has 0 bridgehead atoms. The highest BCUT2D eigenvalue weighted by molar-refractivity contribution is 7.92. The molecule has 1 amide bonds. The van der Waals surface area contributed by atoms with E-state index in [0.29, 0.717) is 11.2 Å². The lowest BCUT2D eigenvalue weighted by Crippen LogP contribution is -2.18. The summed E-state index contributed by atoms with van der Waals surface area (Å²) >= 11 is 0. The fourth-order valence-electron chi connectivity index (χ4n) is 2.77. The van der Waals surface area contributed by atoms with Crippen molar-refractivity contribution in [1.82, 2.24) is 9.97 Å². The normalized spacial score (nSPS) is 11.5. The molecule has 8 nitrogen and oxygen atoms in total. The number of pyridine rings is 1. The molecule has 4 N–H and O–H groups in total. The molecular weight excluding hydrogens is 435 g/mol. The van der Waals surface area contributed by atoms with Crippen molar-refractivity contribution in [2.75, 3.05) is 10.0 Å². The summed E-state index contributed by atoms with van der Waals surface area (Å²) in [6, 6.07) is 7.11. The number of sulfonamides is 1. The van der Waals surface area contributed by atoms with Crippen LogP contribution < -0.4 is 15.0 Å². The van der Waals surface area contributed by atoms with E-state index in [1.54, 1.807) is 0 Å². The Labute approximate surface area is 173 Å². The average molecular weight is 448 g/mol. The molecule has 0 aliphatic carbocycles. The zero-order chi connectivity index (χ0) is 22.2. The van der Waals surface area contributed by atoms with Crippen LogP contribution in [0.3, 0.4) is 0 Å². The van der Waals surface area contributed by atoms with Crippen molar-refractivity contribution >= 4 is 38.5 Å². The molecule has 4 rings (SSSR count). The SMILES string of the molecule is O=C(Nc1c(F)ccc(NS(=O)(=O)c2cccc(F)c2)c1F)c1cnc2[nH+]c[nH]c2c1. The molecule has 4 aromatic rings. The van der Waals surface area contributed by atoms with Crippen LogP contribution >= 0.6 is 0 Å². The molecule has 158 valence electrons. The van der Waals surface area contributed by atoms with Crippen molar-refractivity contribution in [2.45, 2.75) is 4.90 Å². The van der Waals surface area contributed by atoms with Crippen molar-refractivity contribution < 1.29 is 31.4 Å². The zero-order valence-electron chi connectivity index (χ0n) is 15.4. The van der Waals surface area contributed by atoms with Gasteiger partial charge >= 0.3 is 0 Å². The van der Waals surface area contributed by atoms with Gasteiger partial charge in [0.15, 0.2) is 17.7 Å². The molecule has 0 atom stereocenters. The number of fused-ring (bicyclic) bond motifs is 1. The Bertz CT molecular complexity index is 1420. The second-order valence-corrected chi connectivity index (χ2v) is 8.04. The molecule has 0 unspecified atom stereocenters. The number of hydrogen-bond donors (Lipinski definition) is 3. The summed E-state index contributed by atoms with van der Waals surface area (Å²) < 4.78 is 69.1.